The Morgan fingerprint density at radius 2 is 2.15 bits per heavy atom. The molecule has 0 N–H and O–H groups in total. The molecule has 2 heterocycles. The summed E-state index contributed by atoms with van der Waals surface area (Å²) in [6.07, 6.45) is 1.93. The van der Waals surface area contributed by atoms with Crippen molar-refractivity contribution in [2.75, 3.05) is 0 Å². The van der Waals surface area contributed by atoms with E-state index in [4.69, 9.17) is 16.6 Å². The number of aryl methyl sites for hydroxylation is 2. The topological polar surface area (TPSA) is 30.7 Å². The Kier molecular flexibility index (Phi) is 3.52. The van der Waals surface area contributed by atoms with E-state index in [1.807, 2.05) is 20.0 Å². The molecule has 0 aliphatic rings. The number of hydrogen-bond acceptors (Lipinski definition) is 3. The molecule has 1 unspecified atom stereocenters. The van der Waals surface area contributed by atoms with Crippen molar-refractivity contribution >= 4 is 34.0 Å². The quantitative estimate of drug-likeness (QED) is 0.669. The summed E-state index contributed by atoms with van der Waals surface area (Å²) in [4.78, 5) is 10.2. The van der Waals surface area contributed by atoms with Crippen LogP contribution in [0.5, 0.6) is 0 Å². The largest absolute Gasteiger partial charge is 0.321 e. The second-order valence-electron chi connectivity index (χ2n) is 5.01. The van der Waals surface area contributed by atoms with E-state index in [0.29, 0.717) is 0 Å². The van der Waals surface area contributed by atoms with E-state index in [9.17, 15) is 0 Å². The van der Waals surface area contributed by atoms with Gasteiger partial charge in [0.15, 0.2) is 0 Å². The number of hydrogen-bond donors (Lipinski definition) is 0. The number of imidazole rings is 1. The van der Waals surface area contributed by atoms with Gasteiger partial charge in [0, 0.05) is 11.1 Å². The molecule has 3 aromatic rings. The maximum Gasteiger partial charge on any atom is 0.128 e. The minimum atomic E-state index is -0.114. The average molecular weight is 306 g/mol. The molecule has 0 aliphatic carbocycles. The van der Waals surface area contributed by atoms with Crippen LogP contribution in [0.3, 0.4) is 0 Å². The van der Waals surface area contributed by atoms with Gasteiger partial charge in [-0.25, -0.2) is 9.97 Å². The Bertz CT molecular complexity index is 758. The molecule has 20 heavy (non-hydrogen) atoms. The molecule has 0 saturated carbocycles. The predicted molar refractivity (Wildman–Crippen MR) is 84.7 cm³/mol. The normalized spacial score (nSPS) is 13.0. The van der Waals surface area contributed by atoms with E-state index in [-0.39, 0.29) is 5.38 Å². The molecule has 3 rings (SSSR count). The third-order valence-corrected chi connectivity index (χ3v) is 4.36. The molecule has 104 valence electrons. The first-order valence-electron chi connectivity index (χ1n) is 6.57. The Labute approximate surface area is 127 Å². The molecule has 3 nitrogen and oxygen atoms in total. The zero-order valence-electron chi connectivity index (χ0n) is 11.7. The number of rotatable bonds is 3. The van der Waals surface area contributed by atoms with Gasteiger partial charge in [0.05, 0.1) is 28.0 Å². The predicted octanol–water partition coefficient (Wildman–Crippen LogP) is 4.46. The summed E-state index contributed by atoms with van der Waals surface area (Å²) in [5, 5.41) is 0.970. The maximum atomic E-state index is 6.30. The zero-order valence-corrected chi connectivity index (χ0v) is 13.3. The second-order valence-corrected chi connectivity index (χ2v) is 6.98. The highest BCUT2D eigenvalue weighted by atomic mass is 35.5. The van der Waals surface area contributed by atoms with Gasteiger partial charge in [-0.05, 0) is 38.5 Å². The van der Waals surface area contributed by atoms with Crippen molar-refractivity contribution in [3.63, 3.8) is 0 Å². The molecular weight excluding hydrogens is 290 g/mol. The lowest BCUT2D eigenvalue weighted by Crippen LogP contribution is -2.04. The summed E-state index contributed by atoms with van der Waals surface area (Å²) < 4.78 is 2.19. The summed E-state index contributed by atoms with van der Waals surface area (Å²) in [5.41, 5.74) is 3.35. The highest BCUT2D eigenvalue weighted by molar-refractivity contribution is 7.11. The van der Waals surface area contributed by atoms with Crippen LogP contribution in [0.15, 0.2) is 24.4 Å². The van der Waals surface area contributed by atoms with Gasteiger partial charge >= 0.3 is 0 Å². The first kappa shape index (κ1) is 13.6. The van der Waals surface area contributed by atoms with Gasteiger partial charge < -0.3 is 4.57 Å². The van der Waals surface area contributed by atoms with Crippen LogP contribution in [0, 0.1) is 13.8 Å². The summed E-state index contributed by atoms with van der Waals surface area (Å²) in [6.45, 7) is 6.84. The first-order chi connectivity index (χ1) is 9.54. The van der Waals surface area contributed by atoms with Crippen molar-refractivity contribution in [3.8, 4) is 0 Å². The van der Waals surface area contributed by atoms with Crippen LogP contribution in [0.4, 0.5) is 0 Å². The fourth-order valence-corrected chi connectivity index (χ4v) is 3.31. The Balaban J connectivity index is 2.13. The highest BCUT2D eigenvalue weighted by Gasteiger charge is 2.15. The molecule has 0 saturated heterocycles. The number of benzene rings is 1. The van der Waals surface area contributed by atoms with Crippen molar-refractivity contribution in [1.29, 1.82) is 0 Å². The molecule has 0 amide bonds. The molecule has 0 aliphatic heterocycles. The lowest BCUT2D eigenvalue weighted by atomic mass is 10.2. The van der Waals surface area contributed by atoms with Gasteiger partial charge in [-0.15, -0.1) is 22.9 Å². The van der Waals surface area contributed by atoms with Crippen molar-refractivity contribution in [2.24, 2.45) is 0 Å². The fourth-order valence-electron chi connectivity index (χ4n) is 2.36. The molecule has 0 radical (unpaired) electrons. The van der Waals surface area contributed by atoms with E-state index in [1.165, 1.54) is 10.4 Å². The monoisotopic (exact) mass is 305 g/mol. The van der Waals surface area contributed by atoms with Gasteiger partial charge in [0.2, 0.25) is 0 Å². The number of fused-ring (bicyclic) bond motifs is 1. The summed E-state index contributed by atoms with van der Waals surface area (Å²) in [6, 6.07) is 6.34. The van der Waals surface area contributed by atoms with Crippen molar-refractivity contribution in [2.45, 2.75) is 32.7 Å². The molecule has 2 aromatic heterocycles. The first-order valence-corrected chi connectivity index (χ1v) is 7.82. The van der Waals surface area contributed by atoms with Crippen LogP contribution in [0.2, 0.25) is 0 Å². The summed E-state index contributed by atoms with van der Waals surface area (Å²) in [7, 11) is 0. The van der Waals surface area contributed by atoms with Crippen LogP contribution in [0.1, 0.15) is 33.6 Å². The van der Waals surface area contributed by atoms with Gasteiger partial charge in [-0.2, -0.15) is 0 Å². The molecule has 0 spiro atoms. The van der Waals surface area contributed by atoms with Crippen molar-refractivity contribution < 1.29 is 0 Å². The van der Waals surface area contributed by atoms with E-state index in [1.54, 1.807) is 11.3 Å². The summed E-state index contributed by atoms with van der Waals surface area (Å²) >= 11 is 8.01. The van der Waals surface area contributed by atoms with Crippen LogP contribution in [0.25, 0.3) is 11.0 Å². The average Bonchev–Trinajstić information content (AvgIpc) is 2.94. The van der Waals surface area contributed by atoms with Crippen LogP contribution in [-0.4, -0.2) is 14.5 Å². The Morgan fingerprint density at radius 3 is 2.80 bits per heavy atom. The van der Waals surface area contributed by atoms with Crippen LogP contribution < -0.4 is 0 Å². The van der Waals surface area contributed by atoms with E-state index >= 15 is 0 Å². The van der Waals surface area contributed by atoms with Crippen LogP contribution >= 0.6 is 22.9 Å². The van der Waals surface area contributed by atoms with E-state index in [2.05, 4.69) is 34.7 Å². The Morgan fingerprint density at radius 1 is 1.35 bits per heavy atom. The van der Waals surface area contributed by atoms with E-state index in [0.717, 1.165) is 28.4 Å². The molecule has 0 bridgehead atoms. The minimum Gasteiger partial charge on any atom is -0.321 e. The van der Waals surface area contributed by atoms with Gasteiger partial charge in [0.1, 0.15) is 5.82 Å². The minimum absolute atomic E-state index is 0.114. The zero-order chi connectivity index (χ0) is 14.3. The number of halogens is 1. The van der Waals surface area contributed by atoms with Crippen LogP contribution in [-0.2, 0) is 6.54 Å². The second kappa shape index (κ2) is 5.19. The Hall–Kier alpha value is -1.39. The molecule has 0 fully saturated rings. The highest BCUT2D eigenvalue weighted by Crippen LogP contribution is 2.27. The number of alkyl halides is 1. The van der Waals surface area contributed by atoms with Crippen molar-refractivity contribution in [3.05, 3.63) is 45.7 Å². The lowest BCUT2D eigenvalue weighted by Gasteiger charge is -2.09. The number of aromatic nitrogens is 3. The third kappa shape index (κ3) is 2.45. The third-order valence-electron chi connectivity index (χ3n) is 3.27. The van der Waals surface area contributed by atoms with E-state index < -0.39 is 0 Å². The molecule has 1 atom stereocenters. The standard InChI is InChI=1S/C15H16ClN3S/c1-9-4-5-14-13(6-9)18-15(10(2)16)19(14)8-12-7-17-11(3)20-12/h4-7,10H,8H2,1-3H3. The van der Waals surface area contributed by atoms with Crippen molar-refractivity contribution in [1.82, 2.24) is 14.5 Å². The fraction of sp³-hybridized carbons (Fsp3) is 0.333. The van der Waals surface area contributed by atoms with Gasteiger partial charge in [-0.1, -0.05) is 6.07 Å². The number of nitrogens with zero attached hydrogens (tertiary/aromatic N) is 3. The maximum absolute atomic E-state index is 6.30. The summed E-state index contributed by atoms with van der Waals surface area (Å²) in [5.74, 6) is 0.915. The van der Waals surface area contributed by atoms with Gasteiger partial charge in [0.25, 0.3) is 0 Å². The van der Waals surface area contributed by atoms with Gasteiger partial charge in [-0.3, -0.25) is 0 Å². The molecule has 5 heteroatoms. The molecule has 1 aromatic carbocycles. The molecular formula is C15H16ClN3S. The smallest absolute Gasteiger partial charge is 0.128 e. The number of thiazole rings is 1. The SMILES string of the molecule is Cc1ccc2c(c1)nc(C(C)Cl)n2Cc1cnc(C)s1. The lowest BCUT2D eigenvalue weighted by molar-refractivity contribution is 0.749.